The highest BCUT2D eigenvalue weighted by molar-refractivity contribution is 9.10. The first-order valence-electron chi connectivity index (χ1n) is 12.4. The highest BCUT2D eigenvalue weighted by Gasteiger charge is 2.27. The van der Waals surface area contributed by atoms with Crippen LogP contribution in [0.15, 0.2) is 64.0 Å². The van der Waals surface area contributed by atoms with Gasteiger partial charge in [-0.15, -0.1) is 0 Å². The zero-order valence-electron chi connectivity index (χ0n) is 22.3. The van der Waals surface area contributed by atoms with Gasteiger partial charge in [0.2, 0.25) is 0 Å². The van der Waals surface area contributed by atoms with E-state index in [9.17, 15) is 18.4 Å². The van der Waals surface area contributed by atoms with Gasteiger partial charge in [-0.3, -0.25) is 14.3 Å². The summed E-state index contributed by atoms with van der Waals surface area (Å²) in [5.41, 5.74) is 0.717. The summed E-state index contributed by atoms with van der Waals surface area (Å²) in [5, 5.41) is 3.11. The number of carbonyl (C=O) groups is 1. The molecule has 204 valence electrons. The van der Waals surface area contributed by atoms with Crippen molar-refractivity contribution in [2.75, 3.05) is 0 Å². The first-order valence-corrected chi connectivity index (χ1v) is 13.2. The van der Waals surface area contributed by atoms with Gasteiger partial charge in [0.25, 0.3) is 5.56 Å². The molecule has 1 N–H and O–H groups in total. The molecular formula is C29H29BrF2N4O3. The van der Waals surface area contributed by atoms with Crippen LogP contribution in [0.3, 0.4) is 0 Å². The maximum Gasteiger partial charge on any atom is 0.408 e. The fourth-order valence-corrected chi connectivity index (χ4v) is 4.50. The number of alkyl carbamates (subject to hydrolysis) is 1. The van der Waals surface area contributed by atoms with Crippen LogP contribution in [-0.4, -0.2) is 26.2 Å². The van der Waals surface area contributed by atoms with Gasteiger partial charge >= 0.3 is 6.09 Å². The molecule has 0 spiro atoms. The summed E-state index contributed by atoms with van der Waals surface area (Å²) in [6, 6.07) is 10.8. The van der Waals surface area contributed by atoms with Crippen molar-refractivity contribution in [2.24, 2.45) is 0 Å². The van der Waals surface area contributed by atoms with Crippen LogP contribution in [0.2, 0.25) is 0 Å². The molecule has 2 heterocycles. The Balaban J connectivity index is 1.94. The molecule has 0 aliphatic rings. The van der Waals surface area contributed by atoms with Crippen molar-refractivity contribution in [1.82, 2.24) is 19.9 Å². The second-order valence-corrected chi connectivity index (χ2v) is 11.5. The Bertz CT molecular complexity index is 1560. The molecule has 0 radical (unpaired) electrons. The molecule has 0 saturated heterocycles. The Labute approximate surface area is 233 Å². The van der Waals surface area contributed by atoms with E-state index in [1.807, 2.05) is 19.9 Å². The van der Waals surface area contributed by atoms with Crippen molar-refractivity contribution in [2.45, 2.75) is 58.6 Å². The lowest BCUT2D eigenvalue weighted by Gasteiger charge is -2.25. The van der Waals surface area contributed by atoms with Gasteiger partial charge in [-0.25, -0.2) is 18.6 Å². The molecule has 0 aliphatic heterocycles. The number of aromatic nitrogens is 3. The minimum absolute atomic E-state index is 0.0720. The second kappa shape index (κ2) is 11.2. The van der Waals surface area contributed by atoms with Gasteiger partial charge in [-0.05, 0) is 74.7 Å². The van der Waals surface area contributed by atoms with Crippen molar-refractivity contribution in [1.29, 1.82) is 0 Å². The number of rotatable bonds is 6. The Kier molecular flexibility index (Phi) is 8.15. The van der Waals surface area contributed by atoms with E-state index in [0.717, 1.165) is 11.8 Å². The van der Waals surface area contributed by atoms with E-state index >= 15 is 0 Å². The summed E-state index contributed by atoms with van der Waals surface area (Å²) in [4.78, 5) is 36.1. The summed E-state index contributed by atoms with van der Waals surface area (Å²) in [5.74, 6) is -1.20. The third-order valence-corrected chi connectivity index (χ3v) is 6.34. The number of benzene rings is 2. The third-order valence-electron chi connectivity index (χ3n) is 5.84. The Morgan fingerprint density at radius 3 is 2.36 bits per heavy atom. The van der Waals surface area contributed by atoms with Crippen molar-refractivity contribution < 1.29 is 18.3 Å². The largest absolute Gasteiger partial charge is 0.444 e. The van der Waals surface area contributed by atoms with Crippen LogP contribution < -0.4 is 10.9 Å². The van der Waals surface area contributed by atoms with Crippen molar-refractivity contribution in [3.8, 4) is 5.69 Å². The lowest BCUT2D eigenvalue weighted by molar-refractivity contribution is 0.0500. The van der Waals surface area contributed by atoms with Gasteiger partial charge < -0.3 is 10.1 Å². The van der Waals surface area contributed by atoms with Gasteiger partial charge in [0, 0.05) is 22.7 Å². The molecule has 0 aliphatic carbocycles. The monoisotopic (exact) mass is 598 g/mol. The number of hydrogen-bond acceptors (Lipinski definition) is 5. The van der Waals surface area contributed by atoms with Crippen molar-refractivity contribution >= 4 is 32.9 Å². The average Bonchev–Trinajstić information content (AvgIpc) is 2.81. The average molecular weight is 599 g/mol. The van der Waals surface area contributed by atoms with Crippen LogP contribution in [-0.2, 0) is 11.2 Å². The number of nitrogens with one attached hydrogen (secondary N) is 1. The molecule has 0 bridgehead atoms. The minimum Gasteiger partial charge on any atom is -0.444 e. The summed E-state index contributed by atoms with van der Waals surface area (Å²) in [6.07, 6.45) is 0.726. The summed E-state index contributed by atoms with van der Waals surface area (Å²) in [7, 11) is 0. The maximum absolute atomic E-state index is 14.1. The van der Waals surface area contributed by atoms with Gasteiger partial charge in [0.05, 0.1) is 28.8 Å². The quantitative estimate of drug-likeness (QED) is 0.265. The van der Waals surface area contributed by atoms with Crippen molar-refractivity contribution in [3.63, 3.8) is 0 Å². The SMILES string of the molecule is CC(C)c1ccc(-n2c([C@H](Cc3cc(F)cc(F)c3)NC(=O)OC(C)(C)C)nc3cc(Br)ccc3c2=O)cn1. The molecule has 39 heavy (non-hydrogen) atoms. The molecule has 0 fully saturated rings. The molecule has 4 rings (SSSR count). The highest BCUT2D eigenvalue weighted by atomic mass is 79.9. The predicted octanol–water partition coefficient (Wildman–Crippen LogP) is 6.75. The van der Waals surface area contributed by atoms with Crippen LogP contribution in [0, 0.1) is 11.6 Å². The second-order valence-electron chi connectivity index (χ2n) is 10.5. The molecule has 4 aromatic rings. The van der Waals surface area contributed by atoms with Crippen LogP contribution in [0.5, 0.6) is 0 Å². The molecule has 2 aromatic carbocycles. The lowest BCUT2D eigenvalue weighted by atomic mass is 10.0. The van der Waals surface area contributed by atoms with Crippen LogP contribution >= 0.6 is 15.9 Å². The standard InChI is InChI=1S/C29H29BrF2N4O3/c1-16(2)23-9-7-21(15-33-23)36-26(34-24-13-18(30)6-8-22(24)27(36)37)25(35-28(38)39-29(3,4)5)12-17-10-19(31)14-20(32)11-17/h6-11,13-16,25H,12H2,1-5H3,(H,35,38)/t25-/m0/s1. The van der Waals surface area contributed by atoms with E-state index in [1.54, 1.807) is 51.2 Å². The third kappa shape index (κ3) is 6.86. The van der Waals surface area contributed by atoms with Crippen LogP contribution in [0.25, 0.3) is 16.6 Å². The number of amides is 1. The number of hydrogen-bond donors (Lipinski definition) is 1. The summed E-state index contributed by atoms with van der Waals surface area (Å²) in [6.45, 7) is 9.16. The van der Waals surface area contributed by atoms with E-state index in [2.05, 4.69) is 26.2 Å². The van der Waals surface area contributed by atoms with Crippen molar-refractivity contribution in [3.05, 3.63) is 98.3 Å². The molecule has 7 nitrogen and oxygen atoms in total. The van der Waals surface area contributed by atoms with E-state index in [0.29, 0.717) is 21.1 Å². The number of nitrogens with zero attached hydrogens (tertiary/aromatic N) is 3. The Morgan fingerprint density at radius 1 is 1.08 bits per heavy atom. The fraction of sp³-hybridized carbons (Fsp3) is 0.310. The van der Waals surface area contributed by atoms with E-state index in [1.165, 1.54) is 16.7 Å². The smallest absolute Gasteiger partial charge is 0.408 e. The Hall–Kier alpha value is -3.66. The number of carbonyl (C=O) groups excluding carboxylic acids is 1. The molecule has 0 unspecified atom stereocenters. The predicted molar refractivity (Wildman–Crippen MR) is 149 cm³/mol. The molecule has 1 atom stereocenters. The van der Waals surface area contributed by atoms with Crippen LogP contribution in [0.1, 0.15) is 63.7 Å². The van der Waals surface area contributed by atoms with E-state index in [-0.39, 0.29) is 29.3 Å². The minimum atomic E-state index is -0.998. The molecule has 2 aromatic heterocycles. The summed E-state index contributed by atoms with van der Waals surface area (Å²) < 4.78 is 35.7. The molecule has 1 amide bonds. The first-order chi connectivity index (χ1) is 18.3. The van der Waals surface area contributed by atoms with E-state index < -0.39 is 29.4 Å². The number of halogens is 3. The van der Waals surface area contributed by atoms with Gasteiger partial charge in [0.1, 0.15) is 23.1 Å². The zero-order chi connectivity index (χ0) is 28.5. The first kappa shape index (κ1) is 28.4. The Morgan fingerprint density at radius 2 is 1.77 bits per heavy atom. The van der Waals surface area contributed by atoms with Gasteiger partial charge in [-0.2, -0.15) is 0 Å². The topological polar surface area (TPSA) is 86.1 Å². The van der Waals surface area contributed by atoms with Gasteiger partial charge in [0.15, 0.2) is 0 Å². The normalized spacial score (nSPS) is 12.5. The fourth-order valence-electron chi connectivity index (χ4n) is 4.15. The van der Waals surface area contributed by atoms with Crippen LogP contribution in [0.4, 0.5) is 13.6 Å². The molecule has 10 heteroatoms. The molecular weight excluding hydrogens is 570 g/mol. The summed E-state index contributed by atoms with van der Waals surface area (Å²) >= 11 is 3.41. The maximum atomic E-state index is 14.1. The highest BCUT2D eigenvalue weighted by Crippen LogP contribution is 2.25. The lowest BCUT2D eigenvalue weighted by Crippen LogP contribution is -2.39. The number of fused-ring (bicyclic) bond motifs is 1. The number of ether oxygens (including phenoxy) is 1. The van der Waals surface area contributed by atoms with Gasteiger partial charge in [-0.1, -0.05) is 29.8 Å². The van der Waals surface area contributed by atoms with E-state index in [4.69, 9.17) is 9.72 Å². The number of pyridine rings is 1. The zero-order valence-corrected chi connectivity index (χ0v) is 23.8. The molecule has 0 saturated carbocycles.